The van der Waals surface area contributed by atoms with E-state index in [1.54, 1.807) is 0 Å². The maximum Gasteiger partial charge on any atom is 0.452 e. The Labute approximate surface area is 107 Å². The van der Waals surface area contributed by atoms with Crippen molar-refractivity contribution in [3.63, 3.8) is 0 Å². The molecule has 11 heteroatoms. The first-order chi connectivity index (χ1) is 8.91. The van der Waals surface area contributed by atoms with Crippen LogP contribution in [0, 0.1) is 0 Å². The lowest BCUT2D eigenvalue weighted by atomic mass is 10.1. The molecule has 0 aromatic heterocycles. The largest absolute Gasteiger partial charge is 0.452 e. The lowest BCUT2D eigenvalue weighted by Crippen LogP contribution is -2.65. The van der Waals surface area contributed by atoms with Gasteiger partial charge in [-0.1, -0.05) is 0 Å². The van der Waals surface area contributed by atoms with Crippen LogP contribution < -0.4 is 5.32 Å². The minimum atomic E-state index is -5.91. The molecule has 1 N–H and O–H groups in total. The highest BCUT2D eigenvalue weighted by molar-refractivity contribution is 5.79. The molecule has 1 saturated heterocycles. The molecule has 0 aromatic carbocycles. The maximum atomic E-state index is 12.5. The van der Waals surface area contributed by atoms with Gasteiger partial charge < -0.3 is 4.74 Å². The molecule has 116 valence electrons. The average Bonchev–Trinajstić information content (AvgIpc) is 2.55. The Bertz CT molecular complexity index is 389. The van der Waals surface area contributed by atoms with E-state index in [1.807, 2.05) is 0 Å². The summed E-state index contributed by atoms with van der Waals surface area (Å²) < 4.78 is 90.5. The van der Waals surface area contributed by atoms with Gasteiger partial charge in [-0.25, -0.2) is 0 Å². The lowest BCUT2D eigenvalue weighted by molar-refractivity contribution is -0.369. The van der Waals surface area contributed by atoms with Crippen LogP contribution in [0.5, 0.6) is 0 Å². The van der Waals surface area contributed by atoms with Gasteiger partial charge in [0.1, 0.15) is 6.04 Å². The number of carbonyl (C=O) groups excluding carboxylic acids is 2. The number of halogens is 7. The molecule has 1 fully saturated rings. The van der Waals surface area contributed by atoms with Gasteiger partial charge in [-0.3, -0.25) is 14.9 Å². The third-order valence-electron chi connectivity index (χ3n) is 2.58. The molecule has 4 nitrogen and oxygen atoms in total. The second kappa shape index (κ2) is 5.19. The number of carbonyl (C=O) groups is 2. The molecule has 0 amide bonds. The summed E-state index contributed by atoms with van der Waals surface area (Å²) >= 11 is 0. The Morgan fingerprint density at radius 3 is 2.05 bits per heavy atom. The molecule has 20 heavy (non-hydrogen) atoms. The van der Waals surface area contributed by atoms with Crippen molar-refractivity contribution in [3.8, 4) is 0 Å². The van der Waals surface area contributed by atoms with Crippen LogP contribution in [0.15, 0.2) is 0 Å². The van der Waals surface area contributed by atoms with Crippen molar-refractivity contribution >= 4 is 12.0 Å². The van der Waals surface area contributed by atoms with Crippen LogP contribution >= 0.6 is 0 Å². The zero-order chi connectivity index (χ0) is 15.8. The van der Waals surface area contributed by atoms with Crippen LogP contribution in [0.1, 0.15) is 19.3 Å². The standard InChI is InChI=1S/C9H8F7NO3/c10-5(18)3-1-2-4-6(19)20-7(17-4,8(11,12)13)9(14,15)16/h4,17H,1-3H2/t4-/m0/s1. The van der Waals surface area contributed by atoms with Crippen molar-refractivity contribution < 1.29 is 45.1 Å². The molecule has 0 unspecified atom stereocenters. The molecule has 0 bridgehead atoms. The smallest absolute Gasteiger partial charge is 0.424 e. The number of alkyl halides is 6. The Morgan fingerprint density at radius 1 is 1.20 bits per heavy atom. The molecule has 0 aromatic rings. The minimum Gasteiger partial charge on any atom is -0.424 e. The van der Waals surface area contributed by atoms with Gasteiger partial charge in [0.25, 0.3) is 0 Å². The van der Waals surface area contributed by atoms with E-state index in [9.17, 15) is 40.3 Å². The van der Waals surface area contributed by atoms with E-state index in [2.05, 4.69) is 4.74 Å². The van der Waals surface area contributed by atoms with Gasteiger partial charge in [0.2, 0.25) is 0 Å². The SMILES string of the molecule is O=C(F)CCC[C@@H]1NC(C(F)(F)F)(C(F)(F)F)OC1=O. The second-order valence-corrected chi connectivity index (χ2v) is 4.04. The van der Waals surface area contributed by atoms with Crippen molar-refractivity contribution in [3.05, 3.63) is 0 Å². The number of esters is 1. The molecule has 0 spiro atoms. The van der Waals surface area contributed by atoms with E-state index in [1.165, 1.54) is 0 Å². The maximum absolute atomic E-state index is 12.5. The van der Waals surface area contributed by atoms with Crippen LogP contribution in [0.4, 0.5) is 30.7 Å². The van der Waals surface area contributed by atoms with E-state index in [-0.39, 0.29) is 0 Å². The monoisotopic (exact) mass is 311 g/mol. The summed E-state index contributed by atoms with van der Waals surface area (Å²) in [6.45, 7) is 0. The van der Waals surface area contributed by atoms with Crippen LogP contribution in [0.2, 0.25) is 0 Å². The molecule has 1 aliphatic heterocycles. The summed E-state index contributed by atoms with van der Waals surface area (Å²) in [5.41, 5.74) is -4.78. The number of hydrogen-bond donors (Lipinski definition) is 1. The fourth-order valence-electron chi connectivity index (χ4n) is 1.63. The predicted octanol–water partition coefficient (Wildman–Crippen LogP) is 1.99. The van der Waals surface area contributed by atoms with Crippen molar-refractivity contribution in [1.82, 2.24) is 5.32 Å². The van der Waals surface area contributed by atoms with Gasteiger partial charge in [0.05, 0.1) is 0 Å². The molecule has 1 atom stereocenters. The number of ether oxygens (including phenoxy) is 1. The summed E-state index contributed by atoms with van der Waals surface area (Å²) in [6, 6.07) is -3.70. The van der Waals surface area contributed by atoms with Gasteiger partial charge in [-0.05, 0) is 12.8 Å². The number of nitrogens with one attached hydrogen (secondary N) is 1. The van der Waals surface area contributed by atoms with E-state index < -0.39 is 55.4 Å². The molecule has 1 aliphatic rings. The highest BCUT2D eigenvalue weighted by Crippen LogP contribution is 2.47. The highest BCUT2D eigenvalue weighted by atomic mass is 19.4. The molecular formula is C9H8F7NO3. The first-order valence-electron chi connectivity index (χ1n) is 5.23. The summed E-state index contributed by atoms with van der Waals surface area (Å²) in [5, 5.41) is 1.05. The lowest BCUT2D eigenvalue weighted by Gasteiger charge is -2.31. The van der Waals surface area contributed by atoms with Crippen LogP contribution in [0.3, 0.4) is 0 Å². The zero-order valence-electron chi connectivity index (χ0n) is 9.57. The average molecular weight is 311 g/mol. The van der Waals surface area contributed by atoms with Crippen LogP contribution in [0.25, 0.3) is 0 Å². The fraction of sp³-hybridized carbons (Fsp3) is 0.778. The molecule has 0 aliphatic carbocycles. The summed E-state index contributed by atoms with van der Waals surface area (Å²) in [7, 11) is 0. The Morgan fingerprint density at radius 2 is 1.70 bits per heavy atom. The van der Waals surface area contributed by atoms with Gasteiger partial charge in [-0.15, -0.1) is 0 Å². The molecule has 0 saturated carbocycles. The summed E-state index contributed by atoms with van der Waals surface area (Å²) in [6.07, 6.45) is -13.5. The first kappa shape index (κ1) is 16.7. The van der Waals surface area contributed by atoms with Gasteiger partial charge in [0.15, 0.2) is 0 Å². The van der Waals surface area contributed by atoms with Crippen molar-refractivity contribution in [2.75, 3.05) is 0 Å². The second-order valence-electron chi connectivity index (χ2n) is 4.04. The first-order valence-corrected chi connectivity index (χ1v) is 5.23. The van der Waals surface area contributed by atoms with Gasteiger partial charge in [0, 0.05) is 6.42 Å². The number of rotatable bonds is 4. The van der Waals surface area contributed by atoms with E-state index >= 15 is 0 Å². The number of cyclic esters (lactones) is 1. The topological polar surface area (TPSA) is 55.4 Å². The summed E-state index contributed by atoms with van der Waals surface area (Å²) in [4.78, 5) is 21.1. The van der Waals surface area contributed by atoms with E-state index in [4.69, 9.17) is 0 Å². The van der Waals surface area contributed by atoms with Crippen molar-refractivity contribution in [2.24, 2.45) is 0 Å². The minimum absolute atomic E-state index is 0.395. The van der Waals surface area contributed by atoms with Crippen LogP contribution in [-0.2, 0) is 14.3 Å². The molecule has 1 heterocycles. The zero-order valence-corrected chi connectivity index (χ0v) is 9.57. The quantitative estimate of drug-likeness (QED) is 0.490. The number of hydrogen-bond acceptors (Lipinski definition) is 4. The Balaban J connectivity index is 2.88. The predicted molar refractivity (Wildman–Crippen MR) is 47.8 cm³/mol. The van der Waals surface area contributed by atoms with E-state index in [0.717, 1.165) is 5.32 Å². The van der Waals surface area contributed by atoms with Crippen molar-refractivity contribution in [1.29, 1.82) is 0 Å². The Kier molecular flexibility index (Phi) is 4.32. The van der Waals surface area contributed by atoms with E-state index in [0.29, 0.717) is 0 Å². The Hall–Kier alpha value is -1.39. The van der Waals surface area contributed by atoms with Gasteiger partial charge in [-0.2, -0.15) is 30.7 Å². The third kappa shape index (κ3) is 3.02. The fourth-order valence-corrected chi connectivity index (χ4v) is 1.63. The third-order valence-corrected chi connectivity index (χ3v) is 2.58. The van der Waals surface area contributed by atoms with Crippen LogP contribution in [-0.4, -0.2) is 36.1 Å². The molecule has 0 radical (unpaired) electrons. The summed E-state index contributed by atoms with van der Waals surface area (Å²) in [5.74, 6) is -1.76. The molecular weight excluding hydrogens is 303 g/mol. The van der Waals surface area contributed by atoms with Gasteiger partial charge >= 0.3 is 30.1 Å². The molecule has 1 rings (SSSR count). The van der Waals surface area contributed by atoms with Crippen molar-refractivity contribution in [2.45, 2.75) is 43.4 Å². The highest BCUT2D eigenvalue weighted by Gasteiger charge is 2.78. The normalized spacial score (nSPS) is 22.8.